The first-order valence-electron chi connectivity index (χ1n) is 15.7. The molecule has 0 saturated carbocycles. The molecule has 0 aliphatic carbocycles. The van der Waals surface area contributed by atoms with E-state index in [2.05, 4.69) is 26.0 Å². The van der Waals surface area contributed by atoms with Gasteiger partial charge in [-0.3, -0.25) is 9.59 Å². The van der Waals surface area contributed by atoms with Crippen molar-refractivity contribution in [3.8, 4) is 0 Å². The minimum absolute atomic E-state index is 0.0651. The number of hydrogen-bond donors (Lipinski definition) is 1. The highest BCUT2D eigenvalue weighted by Crippen LogP contribution is 2.13. The molecule has 0 fully saturated rings. The predicted molar refractivity (Wildman–Crippen MR) is 155 cm³/mol. The van der Waals surface area contributed by atoms with E-state index in [4.69, 9.17) is 9.47 Å². The molecule has 5 heteroatoms. The molecule has 218 valence electrons. The Balaban J connectivity index is 3.47. The topological polar surface area (TPSA) is 72.8 Å². The molecule has 1 unspecified atom stereocenters. The van der Waals surface area contributed by atoms with Crippen LogP contribution in [0.3, 0.4) is 0 Å². The first-order valence-corrected chi connectivity index (χ1v) is 15.7. The third kappa shape index (κ3) is 27.5. The lowest BCUT2D eigenvalue weighted by atomic mass is 10.1. The largest absolute Gasteiger partial charge is 0.462 e. The van der Waals surface area contributed by atoms with E-state index in [-0.39, 0.29) is 25.2 Å². The summed E-state index contributed by atoms with van der Waals surface area (Å²) < 4.78 is 10.4. The molecular formula is C32H60O5. The van der Waals surface area contributed by atoms with E-state index in [1.54, 1.807) is 0 Å². The molecule has 0 radical (unpaired) electrons. The Hall–Kier alpha value is -1.36. The molecular weight excluding hydrogens is 464 g/mol. The van der Waals surface area contributed by atoms with Gasteiger partial charge >= 0.3 is 11.9 Å². The summed E-state index contributed by atoms with van der Waals surface area (Å²) in [5.41, 5.74) is 0. The molecule has 0 aliphatic rings. The lowest BCUT2D eigenvalue weighted by Gasteiger charge is -2.15. The van der Waals surface area contributed by atoms with E-state index in [0.29, 0.717) is 12.8 Å². The normalized spacial score (nSPS) is 12.2. The zero-order valence-corrected chi connectivity index (χ0v) is 24.5. The van der Waals surface area contributed by atoms with Crippen molar-refractivity contribution in [2.75, 3.05) is 13.2 Å². The lowest BCUT2D eigenvalue weighted by Crippen LogP contribution is -2.28. The molecule has 0 aromatic heterocycles. The predicted octanol–water partition coefficient (Wildman–Crippen LogP) is 9.00. The maximum atomic E-state index is 12.0. The van der Waals surface area contributed by atoms with E-state index in [1.807, 2.05) is 0 Å². The van der Waals surface area contributed by atoms with Gasteiger partial charge in [0.15, 0.2) is 6.10 Å². The molecule has 0 aliphatic heterocycles. The molecule has 0 rings (SSSR count). The summed E-state index contributed by atoms with van der Waals surface area (Å²) in [5.74, 6) is -0.611. The van der Waals surface area contributed by atoms with Crippen LogP contribution in [0.4, 0.5) is 0 Å². The van der Waals surface area contributed by atoms with E-state index >= 15 is 0 Å². The minimum atomic E-state index is -0.761. The van der Waals surface area contributed by atoms with E-state index in [9.17, 15) is 14.7 Å². The Morgan fingerprint density at radius 1 is 0.595 bits per heavy atom. The van der Waals surface area contributed by atoms with Crippen LogP contribution in [0.15, 0.2) is 12.2 Å². The number of unbranched alkanes of at least 4 members (excludes halogenated alkanes) is 18. The van der Waals surface area contributed by atoms with Crippen molar-refractivity contribution in [3.05, 3.63) is 12.2 Å². The number of carbonyl (C=O) groups excluding carboxylic acids is 2. The number of rotatable bonds is 28. The fourth-order valence-electron chi connectivity index (χ4n) is 4.37. The minimum Gasteiger partial charge on any atom is -0.462 e. The van der Waals surface area contributed by atoms with Crippen LogP contribution in [0, 0.1) is 0 Å². The molecule has 0 spiro atoms. The van der Waals surface area contributed by atoms with Crippen molar-refractivity contribution >= 4 is 11.9 Å². The van der Waals surface area contributed by atoms with E-state index in [0.717, 1.165) is 44.9 Å². The number of hydrogen-bond acceptors (Lipinski definition) is 5. The van der Waals surface area contributed by atoms with Gasteiger partial charge in [-0.15, -0.1) is 0 Å². The SMILES string of the molecule is CCCCCCCC/C=C\CCCCCCCCCCCC(=O)OC(CO)COC(=O)CCCCCC. The highest BCUT2D eigenvalue weighted by Gasteiger charge is 2.16. The van der Waals surface area contributed by atoms with Gasteiger partial charge in [0.25, 0.3) is 0 Å². The number of allylic oxidation sites excluding steroid dienone is 2. The van der Waals surface area contributed by atoms with Crippen molar-refractivity contribution < 1.29 is 24.2 Å². The van der Waals surface area contributed by atoms with Crippen LogP contribution in [0.1, 0.15) is 162 Å². The molecule has 0 bridgehead atoms. The lowest BCUT2D eigenvalue weighted by molar-refractivity contribution is -0.161. The summed E-state index contributed by atoms with van der Waals surface area (Å²) >= 11 is 0. The van der Waals surface area contributed by atoms with Gasteiger partial charge in [-0.05, 0) is 38.5 Å². The Bertz CT molecular complexity index is 531. The average molecular weight is 525 g/mol. The first-order chi connectivity index (χ1) is 18.1. The van der Waals surface area contributed by atoms with Gasteiger partial charge in [0.1, 0.15) is 6.61 Å². The second-order valence-electron chi connectivity index (χ2n) is 10.5. The first kappa shape index (κ1) is 35.6. The Morgan fingerprint density at radius 2 is 1.00 bits per heavy atom. The number of ether oxygens (including phenoxy) is 2. The van der Waals surface area contributed by atoms with Crippen molar-refractivity contribution in [1.29, 1.82) is 0 Å². The zero-order chi connectivity index (χ0) is 27.2. The van der Waals surface area contributed by atoms with Crippen LogP contribution in [0.25, 0.3) is 0 Å². The van der Waals surface area contributed by atoms with Crippen LogP contribution in [0.2, 0.25) is 0 Å². The number of esters is 2. The highest BCUT2D eigenvalue weighted by molar-refractivity contribution is 5.70. The quantitative estimate of drug-likeness (QED) is 0.0628. The zero-order valence-electron chi connectivity index (χ0n) is 24.5. The van der Waals surface area contributed by atoms with E-state index in [1.165, 1.54) is 89.9 Å². The van der Waals surface area contributed by atoms with Gasteiger partial charge in [0.05, 0.1) is 6.61 Å². The van der Waals surface area contributed by atoms with Crippen LogP contribution in [-0.2, 0) is 19.1 Å². The van der Waals surface area contributed by atoms with Gasteiger partial charge in [-0.1, -0.05) is 122 Å². The fraction of sp³-hybridized carbons (Fsp3) is 0.875. The van der Waals surface area contributed by atoms with Gasteiger partial charge in [-0.2, -0.15) is 0 Å². The van der Waals surface area contributed by atoms with Gasteiger partial charge in [-0.25, -0.2) is 0 Å². The molecule has 37 heavy (non-hydrogen) atoms. The second-order valence-corrected chi connectivity index (χ2v) is 10.5. The maximum absolute atomic E-state index is 12.0. The van der Waals surface area contributed by atoms with E-state index < -0.39 is 6.10 Å². The van der Waals surface area contributed by atoms with Crippen molar-refractivity contribution in [2.24, 2.45) is 0 Å². The van der Waals surface area contributed by atoms with Crippen molar-refractivity contribution in [3.63, 3.8) is 0 Å². The number of aliphatic hydroxyl groups excluding tert-OH is 1. The van der Waals surface area contributed by atoms with Crippen LogP contribution in [-0.4, -0.2) is 36.4 Å². The summed E-state index contributed by atoms with van der Waals surface area (Å²) in [6.07, 6.45) is 30.3. The summed E-state index contributed by atoms with van der Waals surface area (Å²) in [5, 5.41) is 9.40. The van der Waals surface area contributed by atoms with Crippen LogP contribution >= 0.6 is 0 Å². The Morgan fingerprint density at radius 3 is 1.49 bits per heavy atom. The fourth-order valence-corrected chi connectivity index (χ4v) is 4.37. The summed E-state index contributed by atoms with van der Waals surface area (Å²) in [6.45, 7) is 4.00. The second kappa shape index (κ2) is 29.2. The molecule has 0 heterocycles. The molecule has 0 aromatic carbocycles. The molecule has 1 atom stereocenters. The summed E-state index contributed by atoms with van der Waals surface area (Å²) in [6, 6.07) is 0. The summed E-state index contributed by atoms with van der Waals surface area (Å²) in [7, 11) is 0. The van der Waals surface area contributed by atoms with Gasteiger partial charge in [0, 0.05) is 12.8 Å². The smallest absolute Gasteiger partial charge is 0.306 e. The third-order valence-corrected chi connectivity index (χ3v) is 6.81. The summed E-state index contributed by atoms with van der Waals surface area (Å²) in [4.78, 5) is 23.7. The van der Waals surface area contributed by atoms with Crippen LogP contribution < -0.4 is 0 Å². The van der Waals surface area contributed by atoms with Crippen LogP contribution in [0.5, 0.6) is 0 Å². The molecule has 0 amide bonds. The van der Waals surface area contributed by atoms with Gasteiger partial charge in [0.2, 0.25) is 0 Å². The standard InChI is InChI=1S/C32H60O5/c1-3-5-7-9-10-11-12-13-14-15-16-17-18-19-20-21-22-23-25-27-32(35)37-30(28-33)29-36-31(34)26-24-8-6-4-2/h13-14,30,33H,3-12,15-29H2,1-2H3/b14-13-. The molecule has 5 nitrogen and oxygen atoms in total. The Kier molecular flexibility index (Phi) is 28.1. The average Bonchev–Trinajstić information content (AvgIpc) is 2.90. The number of carbonyl (C=O) groups is 2. The highest BCUT2D eigenvalue weighted by atomic mass is 16.6. The monoisotopic (exact) mass is 524 g/mol. The number of aliphatic hydroxyl groups is 1. The molecule has 1 N–H and O–H groups in total. The third-order valence-electron chi connectivity index (χ3n) is 6.81. The van der Waals surface area contributed by atoms with Crippen molar-refractivity contribution in [2.45, 2.75) is 168 Å². The molecule has 0 aromatic rings. The maximum Gasteiger partial charge on any atom is 0.306 e. The Labute approximate surface area is 229 Å². The van der Waals surface area contributed by atoms with Crippen molar-refractivity contribution in [1.82, 2.24) is 0 Å². The van der Waals surface area contributed by atoms with Gasteiger partial charge < -0.3 is 14.6 Å². The molecule has 0 saturated heterocycles.